The smallest absolute Gasteiger partial charge is 0.231 e. The fourth-order valence-electron chi connectivity index (χ4n) is 5.01. The first kappa shape index (κ1) is 23.6. The van der Waals surface area contributed by atoms with Gasteiger partial charge >= 0.3 is 0 Å². The van der Waals surface area contributed by atoms with E-state index in [1.807, 2.05) is 30.3 Å². The number of anilines is 1. The fraction of sp³-hybridized carbons (Fsp3) is 0.481. The van der Waals surface area contributed by atoms with Crippen molar-refractivity contribution in [1.29, 1.82) is 0 Å². The van der Waals surface area contributed by atoms with E-state index < -0.39 is 0 Å². The van der Waals surface area contributed by atoms with Gasteiger partial charge in [0.25, 0.3) is 0 Å². The number of carbonyl (C=O) groups is 1. The fourth-order valence-corrected chi connectivity index (χ4v) is 5.01. The molecule has 0 radical (unpaired) electrons. The van der Waals surface area contributed by atoms with Crippen LogP contribution in [0, 0.1) is 0 Å². The maximum atomic E-state index is 11.9. The minimum atomic E-state index is 0.0542. The van der Waals surface area contributed by atoms with E-state index in [1.54, 1.807) is 6.92 Å². The average molecular weight is 478 g/mol. The highest BCUT2D eigenvalue weighted by molar-refractivity contribution is 5.98. The second-order valence-electron chi connectivity index (χ2n) is 9.68. The maximum Gasteiger partial charge on any atom is 0.231 e. The van der Waals surface area contributed by atoms with Gasteiger partial charge in [-0.25, -0.2) is 4.99 Å². The van der Waals surface area contributed by atoms with Crippen molar-refractivity contribution in [2.24, 2.45) is 10.7 Å². The zero-order chi connectivity index (χ0) is 24.2. The van der Waals surface area contributed by atoms with Gasteiger partial charge in [0.2, 0.25) is 6.79 Å². The molecule has 0 aromatic heterocycles. The summed E-state index contributed by atoms with van der Waals surface area (Å²) in [7, 11) is 0. The number of piperazine rings is 1. The van der Waals surface area contributed by atoms with Crippen LogP contribution in [-0.4, -0.2) is 66.6 Å². The molecule has 1 aliphatic carbocycles. The van der Waals surface area contributed by atoms with E-state index >= 15 is 0 Å². The minimum Gasteiger partial charge on any atom is -0.454 e. The van der Waals surface area contributed by atoms with E-state index in [9.17, 15) is 4.79 Å². The normalized spacial score (nSPS) is 22.8. The quantitative estimate of drug-likeness (QED) is 0.387. The highest BCUT2D eigenvalue weighted by Gasteiger charge is 2.26. The summed E-state index contributed by atoms with van der Waals surface area (Å²) in [5.74, 6) is 2.56. The average Bonchev–Trinajstić information content (AvgIpc) is 3.34. The van der Waals surface area contributed by atoms with Crippen LogP contribution in [0.1, 0.15) is 48.5 Å². The molecule has 0 spiro atoms. The molecule has 2 heterocycles. The van der Waals surface area contributed by atoms with Gasteiger partial charge in [-0.3, -0.25) is 9.69 Å². The second kappa shape index (κ2) is 10.7. The number of hydrogen-bond acceptors (Lipinski definition) is 6. The Bertz CT molecular complexity index is 1080. The molecule has 0 unspecified atom stereocenters. The third-order valence-corrected chi connectivity index (χ3v) is 7.11. The molecule has 3 N–H and O–H groups in total. The first-order valence-electron chi connectivity index (χ1n) is 12.6. The summed E-state index contributed by atoms with van der Waals surface area (Å²) in [4.78, 5) is 21.8. The molecular formula is C27H35N5O3. The summed E-state index contributed by atoms with van der Waals surface area (Å²) >= 11 is 0. The van der Waals surface area contributed by atoms with Crippen LogP contribution in [0.2, 0.25) is 0 Å². The molecule has 2 aliphatic heterocycles. The van der Waals surface area contributed by atoms with Crippen LogP contribution < -0.4 is 20.5 Å². The van der Waals surface area contributed by atoms with Crippen molar-refractivity contribution in [3.63, 3.8) is 0 Å². The number of ether oxygens (including phenoxy) is 2. The largest absolute Gasteiger partial charge is 0.454 e. The number of Topliss-reactive ketones (excluding diaryl/α,β-unsaturated/α-hetero) is 1. The number of guanidine groups is 1. The van der Waals surface area contributed by atoms with Crippen molar-refractivity contribution in [1.82, 2.24) is 9.80 Å². The number of benzene rings is 2. The molecule has 2 aromatic rings. The number of nitrogens with two attached hydrogens (primary N) is 1. The van der Waals surface area contributed by atoms with Gasteiger partial charge in [-0.1, -0.05) is 31.0 Å². The first-order valence-corrected chi connectivity index (χ1v) is 12.6. The summed E-state index contributed by atoms with van der Waals surface area (Å²) in [6, 6.07) is 14.0. The van der Waals surface area contributed by atoms with Crippen molar-refractivity contribution in [3.05, 3.63) is 53.6 Å². The molecule has 3 aliphatic rings. The second-order valence-corrected chi connectivity index (χ2v) is 9.68. The number of hydrogen-bond donors (Lipinski definition) is 2. The lowest BCUT2D eigenvalue weighted by Crippen LogP contribution is -2.51. The van der Waals surface area contributed by atoms with Gasteiger partial charge in [-0.05, 0) is 49.6 Å². The molecule has 2 fully saturated rings. The van der Waals surface area contributed by atoms with Gasteiger partial charge < -0.3 is 25.4 Å². The SMILES string of the molecule is CC(=O)c1cccc(NC(=N[C@H]2CCCC[C@@H]2N)N2CCN(Cc3ccc4c(c3)OCO4)CC2)c1. The van der Waals surface area contributed by atoms with Crippen LogP contribution in [0.15, 0.2) is 47.5 Å². The number of fused-ring (bicyclic) bond motifs is 1. The van der Waals surface area contributed by atoms with Crippen LogP contribution in [0.5, 0.6) is 11.5 Å². The van der Waals surface area contributed by atoms with Crippen molar-refractivity contribution >= 4 is 17.4 Å². The molecular weight excluding hydrogens is 442 g/mol. The summed E-state index contributed by atoms with van der Waals surface area (Å²) in [6.07, 6.45) is 4.38. The summed E-state index contributed by atoms with van der Waals surface area (Å²) < 4.78 is 11.0. The first-order chi connectivity index (χ1) is 17.0. The van der Waals surface area contributed by atoms with Gasteiger partial charge in [0.05, 0.1) is 6.04 Å². The molecule has 1 saturated carbocycles. The molecule has 5 rings (SSSR count). The van der Waals surface area contributed by atoms with Crippen molar-refractivity contribution in [3.8, 4) is 11.5 Å². The van der Waals surface area contributed by atoms with Crippen molar-refractivity contribution < 1.29 is 14.3 Å². The zero-order valence-corrected chi connectivity index (χ0v) is 20.4. The molecule has 1 saturated heterocycles. The maximum absolute atomic E-state index is 11.9. The Morgan fingerprint density at radius 2 is 1.86 bits per heavy atom. The number of nitrogens with zero attached hydrogens (tertiary/aromatic N) is 3. The molecule has 0 bridgehead atoms. The van der Waals surface area contributed by atoms with Crippen molar-refractivity contribution in [2.75, 3.05) is 38.3 Å². The Kier molecular flexibility index (Phi) is 7.20. The third-order valence-electron chi connectivity index (χ3n) is 7.11. The molecule has 35 heavy (non-hydrogen) atoms. The standard InChI is InChI=1S/C27H35N5O3/c1-19(33)21-5-4-6-22(16-21)29-27(30-24-8-3-2-7-23(24)28)32-13-11-31(12-14-32)17-20-9-10-25-26(15-20)35-18-34-25/h4-6,9-10,15-16,23-24H,2-3,7-8,11-14,17-18,28H2,1H3,(H,29,30)/t23-,24-/m0/s1. The monoisotopic (exact) mass is 477 g/mol. The third kappa shape index (κ3) is 5.77. The number of ketones is 1. The number of rotatable bonds is 5. The van der Waals surface area contributed by atoms with Gasteiger partial charge in [-0.15, -0.1) is 0 Å². The lowest BCUT2D eigenvalue weighted by atomic mass is 9.91. The highest BCUT2D eigenvalue weighted by atomic mass is 16.7. The van der Waals surface area contributed by atoms with Gasteiger partial charge in [0.1, 0.15) is 0 Å². The summed E-state index contributed by atoms with van der Waals surface area (Å²) in [5.41, 5.74) is 9.23. The van der Waals surface area contributed by atoms with E-state index in [-0.39, 0.29) is 17.9 Å². The lowest BCUT2D eigenvalue weighted by molar-refractivity contribution is 0.101. The van der Waals surface area contributed by atoms with Crippen LogP contribution in [0.25, 0.3) is 0 Å². The van der Waals surface area contributed by atoms with Crippen LogP contribution in [0.3, 0.4) is 0 Å². The Morgan fingerprint density at radius 3 is 2.66 bits per heavy atom. The highest BCUT2D eigenvalue weighted by Crippen LogP contribution is 2.33. The molecule has 186 valence electrons. The van der Waals surface area contributed by atoms with Crippen molar-refractivity contribution in [2.45, 2.75) is 51.2 Å². The lowest BCUT2D eigenvalue weighted by Gasteiger charge is -2.37. The topological polar surface area (TPSA) is 92.4 Å². The Hall–Kier alpha value is -3.10. The molecule has 2 atom stereocenters. The zero-order valence-electron chi connectivity index (χ0n) is 20.4. The predicted molar refractivity (Wildman–Crippen MR) is 137 cm³/mol. The van der Waals surface area contributed by atoms with Crippen LogP contribution >= 0.6 is 0 Å². The number of carbonyl (C=O) groups excluding carboxylic acids is 1. The predicted octanol–water partition coefficient (Wildman–Crippen LogP) is 3.47. The van der Waals surface area contributed by atoms with E-state index in [0.717, 1.165) is 75.1 Å². The molecule has 8 heteroatoms. The van der Waals surface area contributed by atoms with Crippen LogP contribution in [0.4, 0.5) is 5.69 Å². The summed E-state index contributed by atoms with van der Waals surface area (Å²) in [6.45, 7) is 6.35. The number of aliphatic imine (C=N–C) groups is 1. The van der Waals surface area contributed by atoms with E-state index in [2.05, 4.69) is 27.2 Å². The number of nitrogens with one attached hydrogen (secondary N) is 1. The van der Waals surface area contributed by atoms with Gasteiger partial charge in [0, 0.05) is 50.0 Å². The van der Waals surface area contributed by atoms with Crippen LogP contribution in [-0.2, 0) is 6.54 Å². The minimum absolute atomic E-state index is 0.0542. The Morgan fingerprint density at radius 1 is 1.06 bits per heavy atom. The molecule has 0 amide bonds. The van der Waals surface area contributed by atoms with E-state index in [1.165, 1.54) is 12.0 Å². The van der Waals surface area contributed by atoms with Gasteiger partial charge in [0.15, 0.2) is 23.2 Å². The Balaban J connectivity index is 1.28. The molecule has 2 aromatic carbocycles. The summed E-state index contributed by atoms with van der Waals surface area (Å²) in [5, 5.41) is 3.52. The Labute approximate surface area is 207 Å². The molecule has 8 nitrogen and oxygen atoms in total. The van der Waals surface area contributed by atoms with Gasteiger partial charge in [-0.2, -0.15) is 0 Å². The van der Waals surface area contributed by atoms with E-state index in [0.29, 0.717) is 12.4 Å². The van der Waals surface area contributed by atoms with E-state index in [4.69, 9.17) is 20.2 Å².